The Balaban J connectivity index is 1.80. The lowest BCUT2D eigenvalue weighted by atomic mass is 10.1. The zero-order chi connectivity index (χ0) is 12.7. The molecule has 0 bridgehead atoms. The van der Waals surface area contributed by atoms with E-state index in [9.17, 15) is 4.79 Å². The number of carbonyl (C=O) groups is 1. The minimum absolute atomic E-state index is 0.189. The topological polar surface area (TPSA) is 55.1 Å². The van der Waals surface area contributed by atoms with Crippen LogP contribution in [0.25, 0.3) is 11.3 Å². The second kappa shape index (κ2) is 3.98. The van der Waals surface area contributed by atoms with Crippen molar-refractivity contribution in [2.75, 3.05) is 0 Å². The second-order valence-corrected chi connectivity index (χ2v) is 4.83. The van der Waals surface area contributed by atoms with Gasteiger partial charge in [-0.05, 0) is 17.9 Å². The minimum Gasteiger partial charge on any atom is -0.481 e. The third-order valence-electron chi connectivity index (χ3n) is 3.45. The van der Waals surface area contributed by atoms with Crippen molar-refractivity contribution in [2.45, 2.75) is 12.3 Å². The molecular weight excluding hydrogens is 228 g/mol. The first-order valence-corrected chi connectivity index (χ1v) is 5.96. The summed E-state index contributed by atoms with van der Waals surface area (Å²) in [7, 11) is 1.94. The first-order valence-electron chi connectivity index (χ1n) is 5.96. The number of aliphatic carboxylic acids is 1. The Labute approximate surface area is 105 Å². The molecule has 2 atom stereocenters. The molecule has 1 aromatic carbocycles. The lowest BCUT2D eigenvalue weighted by molar-refractivity contribution is -0.138. The third kappa shape index (κ3) is 1.90. The van der Waals surface area contributed by atoms with Gasteiger partial charge in [-0.1, -0.05) is 24.3 Å². The molecule has 0 spiro atoms. The van der Waals surface area contributed by atoms with E-state index in [-0.39, 0.29) is 11.8 Å². The fourth-order valence-electron chi connectivity index (χ4n) is 2.30. The van der Waals surface area contributed by atoms with Crippen LogP contribution in [0.4, 0.5) is 0 Å². The Morgan fingerprint density at radius 2 is 2.11 bits per heavy atom. The number of aryl methyl sites for hydroxylation is 1. The van der Waals surface area contributed by atoms with E-state index in [0.29, 0.717) is 0 Å². The molecule has 3 rings (SSSR count). The molecule has 1 aliphatic rings. The highest BCUT2D eigenvalue weighted by Crippen LogP contribution is 2.47. The van der Waals surface area contributed by atoms with E-state index in [0.717, 1.165) is 23.2 Å². The number of carboxylic acids is 1. The fourth-order valence-corrected chi connectivity index (χ4v) is 2.30. The molecule has 1 unspecified atom stereocenters. The lowest BCUT2D eigenvalue weighted by Gasteiger charge is -2.01. The largest absolute Gasteiger partial charge is 0.481 e. The van der Waals surface area contributed by atoms with Gasteiger partial charge in [0.1, 0.15) is 0 Å². The number of aromatic nitrogens is 2. The first kappa shape index (κ1) is 11.0. The van der Waals surface area contributed by atoms with Crippen molar-refractivity contribution < 1.29 is 9.90 Å². The van der Waals surface area contributed by atoms with Crippen molar-refractivity contribution in [3.8, 4) is 11.3 Å². The molecule has 1 aliphatic carbocycles. The molecule has 0 aliphatic heterocycles. The lowest BCUT2D eigenvalue weighted by Crippen LogP contribution is -1.98. The highest BCUT2D eigenvalue weighted by atomic mass is 16.4. The molecular formula is C14H14N2O2. The van der Waals surface area contributed by atoms with E-state index in [1.54, 1.807) is 6.33 Å². The highest BCUT2D eigenvalue weighted by molar-refractivity contribution is 5.75. The summed E-state index contributed by atoms with van der Waals surface area (Å²) < 4.78 is 1.91. The van der Waals surface area contributed by atoms with Crippen LogP contribution >= 0.6 is 0 Å². The molecule has 1 aromatic heterocycles. The molecule has 0 radical (unpaired) electrons. The molecule has 4 heteroatoms. The van der Waals surface area contributed by atoms with Crippen LogP contribution in [0.1, 0.15) is 17.9 Å². The van der Waals surface area contributed by atoms with Crippen LogP contribution in [0.3, 0.4) is 0 Å². The van der Waals surface area contributed by atoms with Gasteiger partial charge in [-0.2, -0.15) is 0 Å². The van der Waals surface area contributed by atoms with E-state index in [2.05, 4.69) is 4.98 Å². The number of rotatable bonds is 3. The summed E-state index contributed by atoms with van der Waals surface area (Å²) in [5.74, 6) is -0.681. The van der Waals surface area contributed by atoms with Crippen LogP contribution in [0.15, 0.2) is 36.8 Å². The predicted octanol–water partition coefficient (Wildman–Crippen LogP) is 2.28. The number of hydrogen-bond acceptors (Lipinski definition) is 2. The zero-order valence-corrected chi connectivity index (χ0v) is 10.1. The number of carboxylic acid groups (broad SMARTS) is 1. The zero-order valence-electron chi connectivity index (χ0n) is 10.1. The van der Waals surface area contributed by atoms with Gasteiger partial charge in [0.25, 0.3) is 0 Å². The van der Waals surface area contributed by atoms with E-state index in [1.165, 1.54) is 0 Å². The van der Waals surface area contributed by atoms with E-state index >= 15 is 0 Å². The van der Waals surface area contributed by atoms with Crippen LogP contribution in [0.2, 0.25) is 0 Å². The number of benzene rings is 1. The van der Waals surface area contributed by atoms with Crippen LogP contribution in [0.5, 0.6) is 0 Å². The number of imidazole rings is 1. The molecule has 92 valence electrons. The first-order chi connectivity index (χ1) is 8.65. The van der Waals surface area contributed by atoms with Crippen LogP contribution in [-0.4, -0.2) is 20.6 Å². The molecule has 1 fully saturated rings. The highest BCUT2D eigenvalue weighted by Gasteiger charge is 2.43. The van der Waals surface area contributed by atoms with Gasteiger partial charge in [0.2, 0.25) is 0 Å². The van der Waals surface area contributed by atoms with Crippen molar-refractivity contribution in [2.24, 2.45) is 13.0 Å². The van der Waals surface area contributed by atoms with Gasteiger partial charge >= 0.3 is 5.97 Å². The molecule has 0 saturated heterocycles. The Bertz CT molecular complexity index is 586. The molecule has 1 heterocycles. The summed E-state index contributed by atoms with van der Waals surface area (Å²) >= 11 is 0. The molecule has 4 nitrogen and oxygen atoms in total. The normalized spacial score (nSPS) is 21.8. The summed E-state index contributed by atoms with van der Waals surface area (Å²) in [5, 5.41) is 8.91. The summed E-state index contributed by atoms with van der Waals surface area (Å²) in [6.45, 7) is 0. The van der Waals surface area contributed by atoms with Crippen molar-refractivity contribution in [3.63, 3.8) is 0 Å². The Morgan fingerprint density at radius 3 is 2.61 bits per heavy atom. The minimum atomic E-state index is -0.686. The maximum Gasteiger partial charge on any atom is 0.307 e. The number of nitrogens with zero attached hydrogens (tertiary/aromatic N) is 2. The summed E-state index contributed by atoms with van der Waals surface area (Å²) in [4.78, 5) is 15.1. The van der Waals surface area contributed by atoms with Gasteiger partial charge in [-0.3, -0.25) is 4.79 Å². The van der Waals surface area contributed by atoms with Crippen LogP contribution in [-0.2, 0) is 11.8 Å². The SMILES string of the molecule is Cn1cnc(-c2ccc(C3C[C@@H]3C(=O)O)cc2)c1. The van der Waals surface area contributed by atoms with Gasteiger partial charge < -0.3 is 9.67 Å². The average molecular weight is 242 g/mol. The van der Waals surface area contributed by atoms with E-state index in [1.807, 2.05) is 42.1 Å². The maximum atomic E-state index is 10.8. The van der Waals surface area contributed by atoms with E-state index in [4.69, 9.17) is 5.11 Å². The van der Waals surface area contributed by atoms with Crippen molar-refractivity contribution in [1.29, 1.82) is 0 Å². The average Bonchev–Trinajstić information content (AvgIpc) is 3.06. The van der Waals surface area contributed by atoms with Gasteiger partial charge in [0, 0.05) is 18.8 Å². The smallest absolute Gasteiger partial charge is 0.307 e. The Morgan fingerprint density at radius 1 is 1.39 bits per heavy atom. The quantitative estimate of drug-likeness (QED) is 0.898. The summed E-state index contributed by atoms with van der Waals surface area (Å²) in [6, 6.07) is 8.04. The van der Waals surface area contributed by atoms with Gasteiger partial charge in [0.15, 0.2) is 0 Å². The fraction of sp³-hybridized carbons (Fsp3) is 0.286. The molecule has 1 N–H and O–H groups in total. The van der Waals surface area contributed by atoms with E-state index < -0.39 is 5.97 Å². The third-order valence-corrected chi connectivity index (χ3v) is 3.45. The molecule has 2 aromatic rings. The summed E-state index contributed by atoms with van der Waals surface area (Å²) in [6.07, 6.45) is 4.50. The number of hydrogen-bond donors (Lipinski definition) is 1. The Hall–Kier alpha value is -2.10. The Kier molecular flexibility index (Phi) is 2.44. The standard InChI is InChI=1S/C14H14N2O2/c1-16-7-13(15-8-16)10-4-2-9(3-5-10)11-6-12(11)14(17)18/h2-5,7-8,11-12H,6H2,1H3,(H,17,18)/t11?,12-/m0/s1. The van der Waals surface area contributed by atoms with Crippen LogP contribution < -0.4 is 0 Å². The second-order valence-electron chi connectivity index (χ2n) is 4.83. The summed E-state index contributed by atoms with van der Waals surface area (Å²) in [5.41, 5.74) is 3.11. The van der Waals surface area contributed by atoms with Crippen LogP contribution in [0, 0.1) is 5.92 Å². The molecule has 1 saturated carbocycles. The maximum absolute atomic E-state index is 10.8. The molecule has 18 heavy (non-hydrogen) atoms. The van der Waals surface area contributed by atoms with Gasteiger partial charge in [-0.15, -0.1) is 0 Å². The van der Waals surface area contributed by atoms with Crippen molar-refractivity contribution >= 4 is 5.97 Å². The molecule has 0 amide bonds. The predicted molar refractivity (Wildman–Crippen MR) is 67.1 cm³/mol. The van der Waals surface area contributed by atoms with Gasteiger partial charge in [-0.25, -0.2) is 4.98 Å². The van der Waals surface area contributed by atoms with Gasteiger partial charge in [0.05, 0.1) is 17.9 Å². The monoisotopic (exact) mass is 242 g/mol. The van der Waals surface area contributed by atoms with Crippen molar-refractivity contribution in [3.05, 3.63) is 42.4 Å². The van der Waals surface area contributed by atoms with Crippen molar-refractivity contribution in [1.82, 2.24) is 9.55 Å².